The van der Waals surface area contributed by atoms with Crippen LogP contribution in [0.3, 0.4) is 0 Å². The Morgan fingerprint density at radius 1 is 0.800 bits per heavy atom. The number of hydrogen-bond donors (Lipinski definition) is 1. The Balaban J connectivity index is 1.99. The van der Waals surface area contributed by atoms with Crippen molar-refractivity contribution in [3.63, 3.8) is 0 Å². The van der Waals surface area contributed by atoms with Gasteiger partial charge in [0.15, 0.2) is 0 Å². The summed E-state index contributed by atoms with van der Waals surface area (Å²) < 4.78 is 0. The van der Waals surface area contributed by atoms with Gasteiger partial charge in [-0.25, -0.2) is 0 Å². The van der Waals surface area contributed by atoms with Crippen molar-refractivity contribution >= 4 is 0 Å². The van der Waals surface area contributed by atoms with E-state index in [1.165, 1.54) is 64.2 Å². The van der Waals surface area contributed by atoms with Crippen molar-refractivity contribution in [1.82, 2.24) is 5.32 Å². The van der Waals surface area contributed by atoms with Crippen LogP contribution in [0.1, 0.15) is 85.0 Å². The van der Waals surface area contributed by atoms with Gasteiger partial charge in [-0.1, -0.05) is 52.9 Å². The van der Waals surface area contributed by atoms with Crippen LogP contribution >= 0.6 is 0 Å². The van der Waals surface area contributed by atoms with Crippen LogP contribution in [0.4, 0.5) is 0 Å². The highest BCUT2D eigenvalue weighted by atomic mass is 14.9. The van der Waals surface area contributed by atoms with Crippen LogP contribution in [0, 0.1) is 23.7 Å². The lowest BCUT2D eigenvalue weighted by atomic mass is 9.69. The molecule has 2 rings (SSSR count). The van der Waals surface area contributed by atoms with Gasteiger partial charge in [0, 0.05) is 6.04 Å². The smallest absolute Gasteiger partial charge is 0.0124 e. The maximum Gasteiger partial charge on any atom is 0.0124 e. The summed E-state index contributed by atoms with van der Waals surface area (Å²) in [6, 6.07) is 0.809. The topological polar surface area (TPSA) is 12.0 Å². The fraction of sp³-hybridized carbons (Fsp3) is 1.00. The van der Waals surface area contributed by atoms with Crippen molar-refractivity contribution in [2.75, 3.05) is 6.54 Å². The van der Waals surface area contributed by atoms with Crippen molar-refractivity contribution in [2.45, 2.75) is 91.0 Å². The zero-order chi connectivity index (χ0) is 14.4. The first-order chi connectivity index (χ1) is 9.70. The first kappa shape index (κ1) is 16.3. The minimum Gasteiger partial charge on any atom is -0.314 e. The Morgan fingerprint density at radius 2 is 1.35 bits per heavy atom. The highest BCUT2D eigenvalue weighted by Crippen LogP contribution is 2.39. The molecule has 0 spiro atoms. The molecule has 1 N–H and O–H groups in total. The molecule has 3 atom stereocenters. The summed E-state index contributed by atoms with van der Waals surface area (Å²) in [4.78, 5) is 0. The molecule has 2 fully saturated rings. The Morgan fingerprint density at radius 3 is 1.90 bits per heavy atom. The van der Waals surface area contributed by atoms with Crippen molar-refractivity contribution in [2.24, 2.45) is 23.7 Å². The Hall–Kier alpha value is -0.0400. The molecule has 0 radical (unpaired) electrons. The molecule has 2 aliphatic carbocycles. The third kappa shape index (κ3) is 4.76. The first-order valence-corrected chi connectivity index (χ1v) is 9.44. The summed E-state index contributed by atoms with van der Waals surface area (Å²) in [5.41, 5.74) is 0. The fourth-order valence-electron chi connectivity index (χ4n) is 5.10. The average Bonchev–Trinajstić information content (AvgIpc) is 2.35. The van der Waals surface area contributed by atoms with Gasteiger partial charge in [-0.05, 0) is 62.3 Å². The minimum atomic E-state index is 0.809. The predicted molar refractivity (Wildman–Crippen MR) is 88.9 cm³/mol. The molecule has 0 aromatic carbocycles. The summed E-state index contributed by atoms with van der Waals surface area (Å²) in [7, 11) is 0. The number of hydrogen-bond acceptors (Lipinski definition) is 1. The van der Waals surface area contributed by atoms with Crippen LogP contribution in [0.25, 0.3) is 0 Å². The van der Waals surface area contributed by atoms with Gasteiger partial charge in [0.05, 0.1) is 0 Å². The molecule has 2 saturated carbocycles. The zero-order valence-corrected chi connectivity index (χ0v) is 14.2. The van der Waals surface area contributed by atoms with Gasteiger partial charge < -0.3 is 5.32 Å². The van der Waals surface area contributed by atoms with Crippen molar-refractivity contribution in [1.29, 1.82) is 0 Å². The van der Waals surface area contributed by atoms with Crippen LogP contribution in [0.2, 0.25) is 0 Å². The van der Waals surface area contributed by atoms with Gasteiger partial charge in [0.2, 0.25) is 0 Å². The molecule has 20 heavy (non-hydrogen) atoms. The highest BCUT2D eigenvalue weighted by molar-refractivity contribution is 4.88. The number of rotatable bonds is 4. The second-order valence-electron chi connectivity index (χ2n) is 7.87. The fourth-order valence-corrected chi connectivity index (χ4v) is 5.10. The van der Waals surface area contributed by atoms with E-state index >= 15 is 0 Å². The SMILES string of the molecule is CCNC(C1CCCCCCC1)C1CC(C)CC(C)C1. The van der Waals surface area contributed by atoms with Crippen LogP contribution in [0.15, 0.2) is 0 Å². The molecule has 0 bridgehead atoms. The zero-order valence-electron chi connectivity index (χ0n) is 14.2. The molecule has 0 amide bonds. The van der Waals surface area contributed by atoms with Crippen LogP contribution in [-0.4, -0.2) is 12.6 Å². The van der Waals surface area contributed by atoms with E-state index in [1.54, 1.807) is 0 Å². The van der Waals surface area contributed by atoms with E-state index in [4.69, 9.17) is 0 Å². The van der Waals surface area contributed by atoms with E-state index in [0.29, 0.717) is 0 Å². The molecule has 118 valence electrons. The van der Waals surface area contributed by atoms with E-state index in [-0.39, 0.29) is 0 Å². The normalized spacial score (nSPS) is 35.2. The molecule has 0 heterocycles. The lowest BCUT2D eigenvalue weighted by molar-refractivity contribution is 0.131. The summed E-state index contributed by atoms with van der Waals surface area (Å²) in [5, 5.41) is 3.91. The second kappa shape index (κ2) is 8.41. The lowest BCUT2D eigenvalue weighted by Crippen LogP contribution is -2.45. The molecule has 0 aliphatic heterocycles. The summed E-state index contributed by atoms with van der Waals surface area (Å²) in [6.45, 7) is 8.40. The van der Waals surface area contributed by atoms with Crippen LogP contribution in [0.5, 0.6) is 0 Å². The quantitative estimate of drug-likeness (QED) is 0.727. The second-order valence-corrected chi connectivity index (χ2v) is 7.87. The van der Waals surface area contributed by atoms with Gasteiger partial charge >= 0.3 is 0 Å². The Kier molecular flexibility index (Phi) is 6.87. The van der Waals surface area contributed by atoms with Gasteiger partial charge in [-0.15, -0.1) is 0 Å². The Labute approximate surface area is 127 Å². The van der Waals surface area contributed by atoms with Gasteiger partial charge in [0.1, 0.15) is 0 Å². The molecular weight excluding hydrogens is 242 g/mol. The van der Waals surface area contributed by atoms with Gasteiger partial charge in [-0.3, -0.25) is 0 Å². The van der Waals surface area contributed by atoms with E-state index in [1.807, 2.05) is 0 Å². The molecule has 0 aromatic heterocycles. The molecular formula is C19H37N. The van der Waals surface area contributed by atoms with E-state index in [2.05, 4.69) is 26.1 Å². The van der Waals surface area contributed by atoms with E-state index in [9.17, 15) is 0 Å². The molecule has 1 heteroatoms. The standard InChI is InChI=1S/C19H37N/c1-4-20-19(17-10-8-6-5-7-9-11-17)18-13-15(2)12-16(3)14-18/h15-20H,4-14H2,1-3H3. The molecule has 1 nitrogen and oxygen atoms in total. The third-order valence-electron chi connectivity index (χ3n) is 5.82. The van der Waals surface area contributed by atoms with Crippen molar-refractivity contribution in [3.05, 3.63) is 0 Å². The van der Waals surface area contributed by atoms with Crippen LogP contribution in [-0.2, 0) is 0 Å². The predicted octanol–water partition coefficient (Wildman–Crippen LogP) is 5.40. The van der Waals surface area contributed by atoms with Crippen molar-refractivity contribution in [3.8, 4) is 0 Å². The molecule has 2 aliphatic rings. The summed E-state index contributed by atoms with van der Waals surface area (Å²) >= 11 is 0. The average molecular weight is 280 g/mol. The minimum absolute atomic E-state index is 0.809. The largest absolute Gasteiger partial charge is 0.314 e. The Bertz CT molecular complexity index is 244. The molecule has 3 unspecified atom stereocenters. The highest BCUT2D eigenvalue weighted by Gasteiger charge is 2.33. The monoisotopic (exact) mass is 279 g/mol. The van der Waals surface area contributed by atoms with Gasteiger partial charge in [-0.2, -0.15) is 0 Å². The van der Waals surface area contributed by atoms with Gasteiger partial charge in [0.25, 0.3) is 0 Å². The maximum absolute atomic E-state index is 3.91. The van der Waals surface area contributed by atoms with E-state index < -0.39 is 0 Å². The molecule has 0 saturated heterocycles. The third-order valence-corrected chi connectivity index (χ3v) is 5.82. The first-order valence-electron chi connectivity index (χ1n) is 9.44. The number of nitrogens with one attached hydrogen (secondary N) is 1. The van der Waals surface area contributed by atoms with E-state index in [0.717, 1.165) is 36.3 Å². The summed E-state index contributed by atoms with van der Waals surface area (Å²) in [6.07, 6.45) is 14.8. The maximum atomic E-state index is 3.91. The summed E-state index contributed by atoms with van der Waals surface area (Å²) in [5.74, 6) is 3.79. The van der Waals surface area contributed by atoms with Crippen LogP contribution < -0.4 is 5.32 Å². The lowest BCUT2D eigenvalue weighted by Gasteiger charge is -2.41. The molecule has 0 aromatic rings. The van der Waals surface area contributed by atoms with Crippen molar-refractivity contribution < 1.29 is 0 Å².